The number of esters is 2. The molecule has 0 amide bonds. The van der Waals surface area contributed by atoms with Gasteiger partial charge in [-0.3, -0.25) is 9.59 Å². The van der Waals surface area contributed by atoms with Gasteiger partial charge in [0.05, 0.1) is 13.2 Å². The number of ether oxygens (including phenoxy) is 2. The quantitative estimate of drug-likeness (QED) is 0.253. The Morgan fingerprint density at radius 2 is 1.50 bits per heavy atom. The largest absolute Gasteiger partial charge is 0.465 e. The van der Waals surface area contributed by atoms with Gasteiger partial charge in [0.25, 0.3) is 0 Å². The van der Waals surface area contributed by atoms with Crippen molar-refractivity contribution < 1.29 is 23.9 Å². The zero-order chi connectivity index (χ0) is 15.4. The lowest BCUT2D eigenvalue weighted by Crippen LogP contribution is -2.35. The summed E-state index contributed by atoms with van der Waals surface area (Å²) in [5, 5.41) is 0. The third kappa shape index (κ3) is 6.68. The third-order valence-electron chi connectivity index (χ3n) is 3.08. The van der Waals surface area contributed by atoms with Crippen LogP contribution in [0, 0.1) is 11.8 Å². The second-order valence-corrected chi connectivity index (χ2v) is 4.63. The average Bonchev–Trinajstić information content (AvgIpc) is 2.42. The number of rotatable bonds is 11. The van der Waals surface area contributed by atoms with Gasteiger partial charge in [-0.2, -0.15) is 0 Å². The molecular weight excluding hydrogens is 260 g/mol. The van der Waals surface area contributed by atoms with E-state index < -0.39 is 23.8 Å². The van der Waals surface area contributed by atoms with Crippen molar-refractivity contribution in [3.63, 3.8) is 0 Å². The van der Waals surface area contributed by atoms with Crippen LogP contribution in [0.4, 0.5) is 0 Å². The maximum Gasteiger partial charge on any atom is 0.321 e. The van der Waals surface area contributed by atoms with E-state index >= 15 is 0 Å². The number of unbranched alkanes of at least 4 members (excludes halogenated alkanes) is 3. The Labute approximate surface area is 121 Å². The minimum Gasteiger partial charge on any atom is -0.465 e. The second kappa shape index (κ2) is 11.4. The standard InChI is InChI=1S/C15H26O5/c1-4-7-8-9-10-12(11-16)13(14(17)19-5-2)15(18)20-6-3/h11-13H,4-10H2,1-3H3. The smallest absolute Gasteiger partial charge is 0.321 e. The molecule has 0 aromatic carbocycles. The maximum atomic E-state index is 11.9. The summed E-state index contributed by atoms with van der Waals surface area (Å²) < 4.78 is 9.77. The van der Waals surface area contributed by atoms with Crippen molar-refractivity contribution in [1.82, 2.24) is 0 Å². The van der Waals surface area contributed by atoms with Gasteiger partial charge in [-0.05, 0) is 20.3 Å². The summed E-state index contributed by atoms with van der Waals surface area (Å²) in [6.45, 7) is 5.78. The van der Waals surface area contributed by atoms with Gasteiger partial charge in [0.1, 0.15) is 6.29 Å². The van der Waals surface area contributed by atoms with Crippen LogP contribution >= 0.6 is 0 Å². The van der Waals surface area contributed by atoms with E-state index in [1.807, 2.05) is 0 Å². The third-order valence-corrected chi connectivity index (χ3v) is 3.08. The van der Waals surface area contributed by atoms with Crippen LogP contribution in [0.1, 0.15) is 52.9 Å². The summed E-state index contributed by atoms with van der Waals surface area (Å²) >= 11 is 0. The molecule has 0 aromatic rings. The fraction of sp³-hybridized carbons (Fsp3) is 0.800. The fourth-order valence-electron chi connectivity index (χ4n) is 2.03. The molecule has 0 radical (unpaired) electrons. The molecule has 0 rings (SSSR count). The van der Waals surface area contributed by atoms with Gasteiger partial charge in [-0.15, -0.1) is 0 Å². The summed E-state index contributed by atoms with van der Waals surface area (Å²) in [5.41, 5.74) is 0. The normalized spacial score (nSPS) is 12.0. The molecule has 0 spiro atoms. The van der Waals surface area contributed by atoms with E-state index in [1.54, 1.807) is 13.8 Å². The van der Waals surface area contributed by atoms with Crippen molar-refractivity contribution in [3.8, 4) is 0 Å². The predicted octanol–water partition coefficient (Wildman–Crippen LogP) is 2.51. The molecule has 5 heteroatoms. The Morgan fingerprint density at radius 1 is 0.950 bits per heavy atom. The Kier molecular flexibility index (Phi) is 10.6. The van der Waals surface area contributed by atoms with E-state index in [9.17, 15) is 14.4 Å². The van der Waals surface area contributed by atoms with Gasteiger partial charge < -0.3 is 14.3 Å². The van der Waals surface area contributed by atoms with Crippen LogP contribution in [-0.2, 0) is 23.9 Å². The van der Waals surface area contributed by atoms with Gasteiger partial charge in [0.15, 0.2) is 5.92 Å². The minimum atomic E-state index is -1.13. The molecule has 5 nitrogen and oxygen atoms in total. The molecule has 0 fully saturated rings. The molecule has 116 valence electrons. The molecule has 0 saturated carbocycles. The Morgan fingerprint density at radius 3 is 1.90 bits per heavy atom. The lowest BCUT2D eigenvalue weighted by atomic mass is 9.88. The van der Waals surface area contributed by atoms with E-state index in [1.165, 1.54) is 0 Å². The Hall–Kier alpha value is -1.39. The Bertz CT molecular complexity index is 283. The zero-order valence-electron chi connectivity index (χ0n) is 12.7. The summed E-state index contributed by atoms with van der Waals surface area (Å²) in [7, 11) is 0. The van der Waals surface area contributed by atoms with E-state index in [0.29, 0.717) is 12.7 Å². The molecular formula is C15H26O5. The topological polar surface area (TPSA) is 69.7 Å². The van der Waals surface area contributed by atoms with Gasteiger partial charge in [-0.25, -0.2) is 0 Å². The molecule has 0 saturated heterocycles. The molecule has 0 aliphatic rings. The van der Waals surface area contributed by atoms with Crippen LogP contribution in [0.2, 0.25) is 0 Å². The lowest BCUT2D eigenvalue weighted by molar-refractivity contribution is -0.165. The number of aldehydes is 1. The van der Waals surface area contributed by atoms with E-state index in [0.717, 1.165) is 25.7 Å². The first kappa shape index (κ1) is 18.6. The molecule has 20 heavy (non-hydrogen) atoms. The van der Waals surface area contributed by atoms with Crippen molar-refractivity contribution in [2.45, 2.75) is 52.9 Å². The highest BCUT2D eigenvalue weighted by Gasteiger charge is 2.37. The lowest BCUT2D eigenvalue weighted by Gasteiger charge is -2.19. The highest BCUT2D eigenvalue weighted by molar-refractivity contribution is 5.97. The number of hydrogen-bond acceptors (Lipinski definition) is 5. The summed E-state index contributed by atoms with van der Waals surface area (Å²) in [6, 6.07) is 0. The van der Waals surface area contributed by atoms with Crippen molar-refractivity contribution >= 4 is 18.2 Å². The first-order valence-electron chi connectivity index (χ1n) is 7.40. The first-order chi connectivity index (χ1) is 9.62. The zero-order valence-corrected chi connectivity index (χ0v) is 12.7. The molecule has 1 unspecified atom stereocenters. The molecule has 0 aliphatic heterocycles. The predicted molar refractivity (Wildman–Crippen MR) is 75.1 cm³/mol. The van der Waals surface area contributed by atoms with Crippen LogP contribution in [-0.4, -0.2) is 31.4 Å². The van der Waals surface area contributed by atoms with Gasteiger partial charge in [-0.1, -0.05) is 32.6 Å². The fourth-order valence-corrected chi connectivity index (χ4v) is 2.03. The Balaban J connectivity index is 4.71. The molecule has 0 bridgehead atoms. The maximum absolute atomic E-state index is 11.9. The van der Waals surface area contributed by atoms with Crippen molar-refractivity contribution in [3.05, 3.63) is 0 Å². The minimum absolute atomic E-state index is 0.177. The van der Waals surface area contributed by atoms with Crippen LogP contribution < -0.4 is 0 Å². The van der Waals surface area contributed by atoms with Crippen LogP contribution in [0.25, 0.3) is 0 Å². The number of carbonyl (C=O) groups excluding carboxylic acids is 3. The van der Waals surface area contributed by atoms with Crippen molar-refractivity contribution in [2.24, 2.45) is 11.8 Å². The molecule has 0 heterocycles. The second-order valence-electron chi connectivity index (χ2n) is 4.63. The number of carbonyl (C=O) groups is 3. The van der Waals surface area contributed by atoms with Crippen molar-refractivity contribution in [1.29, 1.82) is 0 Å². The molecule has 0 N–H and O–H groups in total. The van der Waals surface area contributed by atoms with E-state index in [-0.39, 0.29) is 13.2 Å². The van der Waals surface area contributed by atoms with Crippen molar-refractivity contribution in [2.75, 3.05) is 13.2 Å². The summed E-state index contributed by atoms with van der Waals surface area (Å²) in [5.74, 6) is -3.13. The SMILES string of the molecule is CCCCCCC(C=O)C(C(=O)OCC)C(=O)OCC. The van der Waals surface area contributed by atoms with Crippen LogP contribution in [0.5, 0.6) is 0 Å². The van der Waals surface area contributed by atoms with Gasteiger partial charge in [0.2, 0.25) is 0 Å². The highest BCUT2D eigenvalue weighted by atomic mass is 16.6. The average molecular weight is 286 g/mol. The van der Waals surface area contributed by atoms with Crippen LogP contribution in [0.15, 0.2) is 0 Å². The molecule has 0 aromatic heterocycles. The number of hydrogen-bond donors (Lipinski definition) is 0. The first-order valence-corrected chi connectivity index (χ1v) is 7.40. The summed E-state index contributed by atoms with van der Waals surface area (Å²) in [6.07, 6.45) is 5.14. The highest BCUT2D eigenvalue weighted by Crippen LogP contribution is 2.21. The van der Waals surface area contributed by atoms with E-state index in [4.69, 9.17) is 9.47 Å². The monoisotopic (exact) mass is 286 g/mol. The molecule has 0 aliphatic carbocycles. The van der Waals surface area contributed by atoms with Crippen LogP contribution in [0.3, 0.4) is 0 Å². The molecule has 1 atom stereocenters. The van der Waals surface area contributed by atoms with Gasteiger partial charge >= 0.3 is 11.9 Å². The summed E-state index contributed by atoms with van der Waals surface area (Å²) in [4.78, 5) is 34.9. The van der Waals surface area contributed by atoms with E-state index in [2.05, 4.69) is 6.92 Å². The van der Waals surface area contributed by atoms with Gasteiger partial charge in [0, 0.05) is 5.92 Å².